The second-order valence-electron chi connectivity index (χ2n) is 3.37. The molecule has 72 valence electrons. The van der Waals surface area contributed by atoms with Crippen molar-refractivity contribution in [3.63, 3.8) is 0 Å². The second-order valence-corrected chi connectivity index (χ2v) is 3.37. The van der Waals surface area contributed by atoms with Gasteiger partial charge in [0.2, 0.25) is 0 Å². The summed E-state index contributed by atoms with van der Waals surface area (Å²) in [6.45, 7) is 1.86. The Bertz CT molecular complexity index is 382. The van der Waals surface area contributed by atoms with Crippen molar-refractivity contribution in [2.75, 3.05) is 5.32 Å². The molecule has 0 aliphatic heterocycles. The van der Waals surface area contributed by atoms with E-state index in [0.717, 1.165) is 23.5 Å². The fraction of sp³-hybridized carbons (Fsp3) is 0.273. The van der Waals surface area contributed by atoms with Gasteiger partial charge in [0.25, 0.3) is 0 Å². The van der Waals surface area contributed by atoms with Crippen LogP contribution in [0.1, 0.15) is 19.8 Å². The minimum Gasteiger partial charge on any atom is -0.343 e. The van der Waals surface area contributed by atoms with Crippen molar-refractivity contribution in [3.05, 3.63) is 35.7 Å². The van der Waals surface area contributed by atoms with Crippen LogP contribution in [0.15, 0.2) is 35.7 Å². The number of Topliss-reactive ketones (excluding diaryl/α,β-unsaturated/α-hetero) is 1. The Morgan fingerprint density at radius 3 is 2.79 bits per heavy atom. The highest BCUT2D eigenvalue weighted by atomic mass is 16.1. The molecule has 0 bridgehead atoms. The third-order valence-electron chi connectivity index (χ3n) is 2.42. The summed E-state index contributed by atoms with van der Waals surface area (Å²) in [7, 11) is 0. The first-order chi connectivity index (χ1) is 6.77. The maximum absolute atomic E-state index is 11.3. The van der Waals surface area contributed by atoms with Gasteiger partial charge in [-0.3, -0.25) is 4.79 Å². The predicted octanol–water partition coefficient (Wildman–Crippen LogP) is 2.13. The van der Waals surface area contributed by atoms with E-state index in [-0.39, 0.29) is 5.78 Å². The first kappa shape index (κ1) is 8.94. The van der Waals surface area contributed by atoms with Crippen molar-refractivity contribution in [3.8, 4) is 0 Å². The van der Waals surface area contributed by atoms with Gasteiger partial charge in [0.05, 0.1) is 0 Å². The third kappa shape index (κ3) is 1.66. The quantitative estimate of drug-likeness (QED) is 0.773. The Labute approximate surface area is 82.9 Å². The van der Waals surface area contributed by atoms with Crippen molar-refractivity contribution in [1.82, 2.24) is 4.98 Å². The van der Waals surface area contributed by atoms with E-state index in [2.05, 4.69) is 10.3 Å². The molecule has 0 unspecified atom stereocenters. The van der Waals surface area contributed by atoms with E-state index in [9.17, 15) is 4.79 Å². The molecule has 1 N–H and O–H groups in total. The minimum absolute atomic E-state index is 0.239. The molecule has 3 heteroatoms. The molecule has 3 nitrogen and oxygen atoms in total. The average molecular weight is 188 g/mol. The zero-order chi connectivity index (χ0) is 9.97. The van der Waals surface area contributed by atoms with Gasteiger partial charge in [-0.25, -0.2) is 4.98 Å². The van der Waals surface area contributed by atoms with Gasteiger partial charge in [-0.05, 0) is 25.5 Å². The summed E-state index contributed by atoms with van der Waals surface area (Å²) in [5.41, 5.74) is 1.85. The van der Waals surface area contributed by atoms with E-state index in [1.54, 1.807) is 6.20 Å². The summed E-state index contributed by atoms with van der Waals surface area (Å²) in [6.07, 6.45) is 3.16. The van der Waals surface area contributed by atoms with E-state index >= 15 is 0 Å². The average Bonchev–Trinajstić information content (AvgIpc) is 2.52. The van der Waals surface area contributed by atoms with Gasteiger partial charge >= 0.3 is 0 Å². The number of nitrogens with zero attached hydrogens (tertiary/aromatic N) is 1. The number of carbonyl (C=O) groups is 1. The van der Waals surface area contributed by atoms with Crippen molar-refractivity contribution in [1.29, 1.82) is 0 Å². The molecule has 1 heterocycles. The molecule has 0 fully saturated rings. The summed E-state index contributed by atoms with van der Waals surface area (Å²) >= 11 is 0. The summed E-state index contributed by atoms with van der Waals surface area (Å²) < 4.78 is 0. The number of hydrogen-bond donors (Lipinski definition) is 1. The van der Waals surface area contributed by atoms with E-state index < -0.39 is 0 Å². The Morgan fingerprint density at radius 2 is 2.21 bits per heavy atom. The highest BCUT2D eigenvalue weighted by Gasteiger charge is 2.18. The number of rotatable bonds is 2. The van der Waals surface area contributed by atoms with Crippen LogP contribution in [0, 0.1) is 0 Å². The van der Waals surface area contributed by atoms with Gasteiger partial charge in [-0.1, -0.05) is 6.07 Å². The number of aromatic nitrogens is 1. The smallest absolute Gasteiger partial charge is 0.160 e. The molecule has 1 aliphatic carbocycles. The van der Waals surface area contributed by atoms with Crippen LogP contribution in [0.25, 0.3) is 0 Å². The molecule has 0 amide bonds. The number of anilines is 1. The Morgan fingerprint density at radius 1 is 1.36 bits per heavy atom. The van der Waals surface area contributed by atoms with Gasteiger partial charge < -0.3 is 5.32 Å². The molecular formula is C11H12N2O. The zero-order valence-corrected chi connectivity index (χ0v) is 8.08. The molecule has 1 aliphatic rings. The summed E-state index contributed by atoms with van der Waals surface area (Å²) in [5.74, 6) is 1.04. The van der Waals surface area contributed by atoms with E-state index in [1.165, 1.54) is 0 Å². The lowest BCUT2D eigenvalue weighted by molar-refractivity contribution is -0.114. The lowest BCUT2D eigenvalue weighted by atomic mass is 10.2. The van der Waals surface area contributed by atoms with E-state index in [0.29, 0.717) is 6.42 Å². The predicted molar refractivity (Wildman–Crippen MR) is 54.8 cm³/mol. The number of allylic oxidation sites excluding steroid dienone is 2. The maximum atomic E-state index is 11.3. The minimum atomic E-state index is 0.239. The second kappa shape index (κ2) is 3.62. The van der Waals surface area contributed by atoms with Gasteiger partial charge in [0, 0.05) is 23.9 Å². The molecule has 1 aromatic heterocycles. The van der Waals surface area contributed by atoms with Crippen LogP contribution in [0.3, 0.4) is 0 Å². The maximum Gasteiger partial charge on any atom is 0.160 e. The monoisotopic (exact) mass is 188 g/mol. The van der Waals surface area contributed by atoms with Gasteiger partial charge in [-0.2, -0.15) is 0 Å². The highest BCUT2D eigenvalue weighted by molar-refractivity contribution is 5.98. The third-order valence-corrected chi connectivity index (χ3v) is 2.42. The SMILES string of the molecule is CC1=C(Nc2ccccn2)CCC1=O. The van der Waals surface area contributed by atoms with Crippen LogP contribution in [-0.4, -0.2) is 10.8 Å². The van der Waals surface area contributed by atoms with Crippen LogP contribution in [-0.2, 0) is 4.79 Å². The topological polar surface area (TPSA) is 42.0 Å². The zero-order valence-electron chi connectivity index (χ0n) is 8.08. The van der Waals surface area contributed by atoms with Gasteiger partial charge in [0.15, 0.2) is 5.78 Å². The number of pyridine rings is 1. The normalized spacial score (nSPS) is 16.2. The molecule has 0 saturated carbocycles. The highest BCUT2D eigenvalue weighted by Crippen LogP contribution is 2.23. The molecule has 1 aromatic rings. The lowest BCUT2D eigenvalue weighted by Crippen LogP contribution is -2.00. The summed E-state index contributed by atoms with van der Waals surface area (Å²) in [4.78, 5) is 15.4. The van der Waals surface area contributed by atoms with Crippen molar-refractivity contribution in [2.24, 2.45) is 0 Å². The fourth-order valence-electron chi connectivity index (χ4n) is 1.53. The Hall–Kier alpha value is -1.64. The molecular weight excluding hydrogens is 176 g/mol. The van der Waals surface area contributed by atoms with Crippen molar-refractivity contribution in [2.45, 2.75) is 19.8 Å². The number of hydrogen-bond acceptors (Lipinski definition) is 3. The number of carbonyl (C=O) groups excluding carboxylic acids is 1. The number of nitrogens with one attached hydrogen (secondary N) is 1. The van der Waals surface area contributed by atoms with Crippen LogP contribution < -0.4 is 5.32 Å². The first-order valence-corrected chi connectivity index (χ1v) is 4.68. The molecule has 0 aromatic carbocycles. The molecule has 0 saturated heterocycles. The Kier molecular flexibility index (Phi) is 2.31. The molecule has 0 spiro atoms. The largest absolute Gasteiger partial charge is 0.343 e. The fourth-order valence-corrected chi connectivity index (χ4v) is 1.53. The van der Waals surface area contributed by atoms with Crippen molar-refractivity contribution < 1.29 is 4.79 Å². The van der Waals surface area contributed by atoms with Crippen LogP contribution in [0.4, 0.5) is 5.82 Å². The lowest BCUT2D eigenvalue weighted by Gasteiger charge is -2.05. The van der Waals surface area contributed by atoms with Crippen molar-refractivity contribution >= 4 is 11.6 Å². The van der Waals surface area contributed by atoms with Crippen LogP contribution >= 0.6 is 0 Å². The summed E-state index contributed by atoms with van der Waals surface area (Å²) in [6, 6.07) is 5.68. The first-order valence-electron chi connectivity index (χ1n) is 4.68. The van der Waals surface area contributed by atoms with Gasteiger partial charge in [-0.15, -0.1) is 0 Å². The molecule has 2 rings (SSSR count). The van der Waals surface area contributed by atoms with Crippen LogP contribution in [0.2, 0.25) is 0 Å². The van der Waals surface area contributed by atoms with E-state index in [1.807, 2.05) is 25.1 Å². The number of ketones is 1. The summed E-state index contributed by atoms with van der Waals surface area (Å²) in [5, 5.41) is 3.17. The molecule has 0 atom stereocenters. The van der Waals surface area contributed by atoms with Crippen LogP contribution in [0.5, 0.6) is 0 Å². The van der Waals surface area contributed by atoms with Gasteiger partial charge in [0.1, 0.15) is 5.82 Å². The van der Waals surface area contributed by atoms with E-state index in [4.69, 9.17) is 0 Å². The molecule has 14 heavy (non-hydrogen) atoms. The standard InChI is InChI=1S/C11H12N2O/c1-8-9(5-6-10(8)14)13-11-4-2-3-7-12-11/h2-4,7H,5-6H2,1H3,(H,12,13). The Balaban J connectivity index is 2.17. The molecule has 0 radical (unpaired) electrons.